The second-order valence-corrected chi connectivity index (χ2v) is 7.45. The molecule has 2 aliphatic heterocycles. The number of aryl methyl sites for hydroxylation is 1. The van der Waals surface area contributed by atoms with Gasteiger partial charge in [-0.05, 0) is 19.8 Å². The van der Waals surface area contributed by atoms with Crippen LogP contribution in [0.3, 0.4) is 0 Å². The molecule has 0 aliphatic carbocycles. The SMILES string of the molecule is Cc1noc(CN2CCN(S(=O)(=O)N3CCCC3)CC2)n1. The molecule has 0 amide bonds. The zero-order chi connectivity index (χ0) is 14.9. The fraction of sp³-hybridized carbons (Fsp3) is 0.833. The van der Waals surface area contributed by atoms with Gasteiger partial charge in [-0.25, -0.2) is 0 Å². The van der Waals surface area contributed by atoms with Gasteiger partial charge in [0.25, 0.3) is 10.2 Å². The van der Waals surface area contributed by atoms with Crippen LogP contribution in [0.4, 0.5) is 0 Å². The molecule has 118 valence electrons. The maximum absolute atomic E-state index is 12.4. The molecule has 0 saturated carbocycles. The van der Waals surface area contributed by atoms with Gasteiger partial charge in [-0.1, -0.05) is 5.16 Å². The number of piperazine rings is 1. The quantitative estimate of drug-likeness (QED) is 0.767. The minimum Gasteiger partial charge on any atom is -0.338 e. The number of rotatable bonds is 4. The van der Waals surface area contributed by atoms with Crippen molar-refractivity contribution in [3.8, 4) is 0 Å². The zero-order valence-corrected chi connectivity index (χ0v) is 13.0. The van der Waals surface area contributed by atoms with E-state index in [1.165, 1.54) is 0 Å². The number of aromatic nitrogens is 2. The first-order valence-electron chi connectivity index (χ1n) is 7.32. The number of hydrogen-bond acceptors (Lipinski definition) is 6. The van der Waals surface area contributed by atoms with Gasteiger partial charge in [-0.15, -0.1) is 0 Å². The van der Waals surface area contributed by atoms with Crippen LogP contribution in [-0.4, -0.2) is 71.3 Å². The molecular weight excluding hydrogens is 294 g/mol. The first-order chi connectivity index (χ1) is 10.1. The Kier molecular flexibility index (Phi) is 4.25. The third-order valence-corrected chi connectivity index (χ3v) is 6.01. The molecule has 21 heavy (non-hydrogen) atoms. The van der Waals surface area contributed by atoms with Crippen LogP contribution in [0.25, 0.3) is 0 Å². The van der Waals surface area contributed by atoms with Crippen molar-refractivity contribution in [2.24, 2.45) is 0 Å². The van der Waals surface area contributed by atoms with Crippen LogP contribution >= 0.6 is 0 Å². The maximum Gasteiger partial charge on any atom is 0.282 e. The van der Waals surface area contributed by atoms with Crippen LogP contribution in [0.2, 0.25) is 0 Å². The molecule has 0 spiro atoms. The highest BCUT2D eigenvalue weighted by Crippen LogP contribution is 2.18. The van der Waals surface area contributed by atoms with Gasteiger partial charge < -0.3 is 4.52 Å². The molecule has 0 aromatic carbocycles. The predicted octanol–water partition coefficient (Wildman–Crippen LogP) is -0.164. The predicted molar refractivity (Wildman–Crippen MR) is 75.6 cm³/mol. The Morgan fingerprint density at radius 1 is 1.05 bits per heavy atom. The van der Waals surface area contributed by atoms with Gasteiger partial charge in [-0.3, -0.25) is 4.90 Å². The van der Waals surface area contributed by atoms with Crippen molar-refractivity contribution in [3.05, 3.63) is 11.7 Å². The monoisotopic (exact) mass is 315 g/mol. The summed E-state index contributed by atoms with van der Waals surface area (Å²) in [4.78, 5) is 6.32. The van der Waals surface area contributed by atoms with E-state index in [2.05, 4.69) is 15.0 Å². The topological polar surface area (TPSA) is 82.8 Å². The number of hydrogen-bond donors (Lipinski definition) is 0. The lowest BCUT2D eigenvalue weighted by Crippen LogP contribution is -2.52. The summed E-state index contributed by atoms with van der Waals surface area (Å²) in [6.45, 7) is 6.10. The van der Waals surface area contributed by atoms with Gasteiger partial charge in [-0.2, -0.15) is 22.0 Å². The molecule has 0 radical (unpaired) electrons. The van der Waals surface area contributed by atoms with E-state index in [9.17, 15) is 8.42 Å². The van der Waals surface area contributed by atoms with E-state index in [0.29, 0.717) is 57.5 Å². The average molecular weight is 315 g/mol. The molecular formula is C12H21N5O3S. The van der Waals surface area contributed by atoms with Crippen molar-refractivity contribution in [2.45, 2.75) is 26.3 Å². The maximum atomic E-state index is 12.4. The molecule has 2 aliphatic rings. The summed E-state index contributed by atoms with van der Waals surface area (Å²) in [5, 5.41) is 3.76. The van der Waals surface area contributed by atoms with Crippen molar-refractivity contribution < 1.29 is 12.9 Å². The van der Waals surface area contributed by atoms with E-state index in [4.69, 9.17) is 4.52 Å². The Morgan fingerprint density at radius 2 is 1.67 bits per heavy atom. The van der Waals surface area contributed by atoms with E-state index < -0.39 is 10.2 Å². The minimum absolute atomic E-state index is 0.520. The van der Waals surface area contributed by atoms with Gasteiger partial charge in [0.1, 0.15) is 0 Å². The third kappa shape index (κ3) is 3.25. The second-order valence-electron chi connectivity index (χ2n) is 5.52. The zero-order valence-electron chi connectivity index (χ0n) is 12.2. The molecule has 1 aromatic heterocycles. The van der Waals surface area contributed by atoms with Crippen LogP contribution in [-0.2, 0) is 16.8 Å². The Labute approximate surface area is 124 Å². The summed E-state index contributed by atoms with van der Waals surface area (Å²) in [7, 11) is -3.27. The van der Waals surface area contributed by atoms with Crippen LogP contribution in [0.1, 0.15) is 24.6 Å². The van der Waals surface area contributed by atoms with E-state index in [1.807, 2.05) is 0 Å². The van der Waals surface area contributed by atoms with Gasteiger partial charge in [0.15, 0.2) is 5.82 Å². The Balaban J connectivity index is 1.55. The summed E-state index contributed by atoms with van der Waals surface area (Å²) in [6.07, 6.45) is 1.94. The van der Waals surface area contributed by atoms with Gasteiger partial charge >= 0.3 is 0 Å². The molecule has 8 nitrogen and oxygen atoms in total. The Morgan fingerprint density at radius 3 is 2.24 bits per heavy atom. The third-order valence-electron chi connectivity index (χ3n) is 3.98. The average Bonchev–Trinajstić information content (AvgIpc) is 3.11. The molecule has 9 heteroatoms. The fourth-order valence-electron chi connectivity index (χ4n) is 2.80. The summed E-state index contributed by atoms with van der Waals surface area (Å²) >= 11 is 0. The van der Waals surface area contributed by atoms with Crippen molar-refractivity contribution in [2.75, 3.05) is 39.3 Å². The normalized spacial score (nSPS) is 22.9. The van der Waals surface area contributed by atoms with E-state index in [1.54, 1.807) is 15.5 Å². The molecule has 3 heterocycles. The van der Waals surface area contributed by atoms with Crippen LogP contribution in [0, 0.1) is 6.92 Å². The molecule has 0 atom stereocenters. The first kappa shape index (κ1) is 14.9. The lowest BCUT2D eigenvalue weighted by atomic mass is 10.3. The molecule has 0 N–H and O–H groups in total. The summed E-state index contributed by atoms with van der Waals surface area (Å²) in [5.41, 5.74) is 0. The molecule has 3 rings (SSSR count). The van der Waals surface area contributed by atoms with Crippen molar-refractivity contribution >= 4 is 10.2 Å². The smallest absolute Gasteiger partial charge is 0.282 e. The van der Waals surface area contributed by atoms with Crippen LogP contribution in [0.5, 0.6) is 0 Å². The van der Waals surface area contributed by atoms with Gasteiger partial charge in [0.05, 0.1) is 6.54 Å². The second kappa shape index (κ2) is 5.99. The molecule has 1 aromatic rings. The van der Waals surface area contributed by atoms with Crippen LogP contribution < -0.4 is 0 Å². The van der Waals surface area contributed by atoms with Gasteiger partial charge in [0, 0.05) is 39.3 Å². The fourth-order valence-corrected chi connectivity index (χ4v) is 4.47. The van der Waals surface area contributed by atoms with Crippen LogP contribution in [0.15, 0.2) is 4.52 Å². The van der Waals surface area contributed by atoms with E-state index in [0.717, 1.165) is 12.8 Å². The van der Waals surface area contributed by atoms with E-state index >= 15 is 0 Å². The van der Waals surface area contributed by atoms with E-state index in [-0.39, 0.29) is 0 Å². The Hall–Kier alpha value is -1.03. The minimum atomic E-state index is -3.27. The van der Waals surface area contributed by atoms with Crippen molar-refractivity contribution in [1.29, 1.82) is 0 Å². The standard InChI is InChI=1S/C12H21N5O3S/c1-11-13-12(20-14-11)10-15-6-8-17(9-7-15)21(18,19)16-4-2-3-5-16/h2-10H2,1H3. The highest BCUT2D eigenvalue weighted by Gasteiger charge is 2.33. The lowest BCUT2D eigenvalue weighted by Gasteiger charge is -2.35. The highest BCUT2D eigenvalue weighted by molar-refractivity contribution is 7.86. The number of nitrogens with zero attached hydrogens (tertiary/aromatic N) is 5. The summed E-state index contributed by atoms with van der Waals surface area (Å²) < 4.78 is 33.2. The summed E-state index contributed by atoms with van der Waals surface area (Å²) in [5.74, 6) is 1.21. The Bertz CT molecular complexity index is 573. The van der Waals surface area contributed by atoms with Crippen molar-refractivity contribution in [3.63, 3.8) is 0 Å². The lowest BCUT2D eigenvalue weighted by molar-refractivity contribution is 0.159. The molecule has 0 bridgehead atoms. The molecule has 0 unspecified atom stereocenters. The molecule has 2 saturated heterocycles. The van der Waals surface area contributed by atoms with Crippen molar-refractivity contribution in [1.82, 2.24) is 23.7 Å². The largest absolute Gasteiger partial charge is 0.338 e. The first-order valence-corrected chi connectivity index (χ1v) is 8.72. The molecule has 2 fully saturated rings. The van der Waals surface area contributed by atoms with Gasteiger partial charge in [0.2, 0.25) is 5.89 Å². The summed E-state index contributed by atoms with van der Waals surface area (Å²) in [6, 6.07) is 0. The highest BCUT2D eigenvalue weighted by atomic mass is 32.2.